The van der Waals surface area contributed by atoms with E-state index in [1.165, 1.54) is 18.2 Å². The van der Waals surface area contributed by atoms with Crippen molar-refractivity contribution in [1.29, 1.82) is 0 Å². The molecule has 1 atom stereocenters. The SMILES string of the molecule is COCC(N)C(=O)NCC(C)(C)c1ccc(C)cc1. The molecule has 1 unspecified atom stereocenters. The van der Waals surface area contributed by atoms with Crippen LogP contribution in [0.2, 0.25) is 0 Å². The maximum atomic E-state index is 11.7. The molecule has 0 spiro atoms. The van der Waals surface area contributed by atoms with E-state index in [1.807, 2.05) is 0 Å². The van der Waals surface area contributed by atoms with Gasteiger partial charge in [0.15, 0.2) is 0 Å². The molecule has 106 valence electrons. The van der Waals surface area contributed by atoms with Gasteiger partial charge in [0.05, 0.1) is 6.61 Å². The maximum absolute atomic E-state index is 11.7. The van der Waals surface area contributed by atoms with Crippen LogP contribution in [0.4, 0.5) is 0 Å². The first-order valence-corrected chi connectivity index (χ1v) is 6.46. The fraction of sp³-hybridized carbons (Fsp3) is 0.533. The largest absolute Gasteiger partial charge is 0.383 e. The van der Waals surface area contributed by atoms with E-state index in [2.05, 4.69) is 50.4 Å². The van der Waals surface area contributed by atoms with Gasteiger partial charge < -0.3 is 15.8 Å². The van der Waals surface area contributed by atoms with E-state index in [1.54, 1.807) is 0 Å². The quantitative estimate of drug-likeness (QED) is 0.815. The molecule has 0 aromatic heterocycles. The fourth-order valence-corrected chi connectivity index (χ4v) is 1.80. The van der Waals surface area contributed by atoms with Crippen molar-refractivity contribution in [2.75, 3.05) is 20.3 Å². The molecule has 1 aromatic rings. The van der Waals surface area contributed by atoms with E-state index in [4.69, 9.17) is 10.5 Å². The highest BCUT2D eigenvalue weighted by molar-refractivity contribution is 5.81. The highest BCUT2D eigenvalue weighted by Crippen LogP contribution is 2.22. The Morgan fingerprint density at radius 2 is 1.95 bits per heavy atom. The molecular weight excluding hydrogens is 240 g/mol. The van der Waals surface area contributed by atoms with Gasteiger partial charge in [0.1, 0.15) is 6.04 Å². The maximum Gasteiger partial charge on any atom is 0.239 e. The normalized spacial score (nSPS) is 13.1. The van der Waals surface area contributed by atoms with E-state index in [0.29, 0.717) is 6.54 Å². The summed E-state index contributed by atoms with van der Waals surface area (Å²) in [7, 11) is 1.53. The van der Waals surface area contributed by atoms with Crippen molar-refractivity contribution in [1.82, 2.24) is 5.32 Å². The molecule has 4 heteroatoms. The van der Waals surface area contributed by atoms with Crippen molar-refractivity contribution in [2.45, 2.75) is 32.2 Å². The van der Waals surface area contributed by atoms with Crippen LogP contribution in [0.5, 0.6) is 0 Å². The Kier molecular flexibility index (Phi) is 5.51. The van der Waals surface area contributed by atoms with Crippen LogP contribution >= 0.6 is 0 Å². The first-order valence-electron chi connectivity index (χ1n) is 6.46. The summed E-state index contributed by atoms with van der Waals surface area (Å²) in [6, 6.07) is 7.73. The molecule has 0 saturated heterocycles. The molecular formula is C15H24N2O2. The number of hydrogen-bond donors (Lipinski definition) is 2. The topological polar surface area (TPSA) is 64.3 Å². The summed E-state index contributed by atoms with van der Waals surface area (Å²) in [4.78, 5) is 11.7. The number of methoxy groups -OCH3 is 1. The predicted molar refractivity (Wildman–Crippen MR) is 77.1 cm³/mol. The van der Waals surface area contributed by atoms with E-state index in [9.17, 15) is 4.79 Å². The number of ether oxygens (including phenoxy) is 1. The number of carbonyl (C=O) groups is 1. The van der Waals surface area contributed by atoms with Gasteiger partial charge in [-0.3, -0.25) is 4.79 Å². The summed E-state index contributed by atoms with van der Waals surface area (Å²) in [5, 5.41) is 2.88. The van der Waals surface area contributed by atoms with Crippen LogP contribution in [0.3, 0.4) is 0 Å². The average Bonchev–Trinajstić information content (AvgIpc) is 2.37. The average molecular weight is 264 g/mol. The van der Waals surface area contributed by atoms with E-state index >= 15 is 0 Å². The first kappa shape index (κ1) is 15.7. The summed E-state index contributed by atoms with van der Waals surface area (Å²) in [5.41, 5.74) is 7.97. The van der Waals surface area contributed by atoms with Crippen molar-refractivity contribution in [3.8, 4) is 0 Å². The Balaban J connectivity index is 2.60. The minimum absolute atomic E-state index is 0.129. The molecule has 0 aliphatic carbocycles. The number of rotatable bonds is 6. The van der Waals surface area contributed by atoms with Gasteiger partial charge in [0.2, 0.25) is 5.91 Å². The number of nitrogens with one attached hydrogen (secondary N) is 1. The molecule has 1 aromatic carbocycles. The van der Waals surface area contributed by atoms with Crippen molar-refractivity contribution >= 4 is 5.91 Å². The molecule has 19 heavy (non-hydrogen) atoms. The van der Waals surface area contributed by atoms with E-state index < -0.39 is 6.04 Å². The van der Waals surface area contributed by atoms with E-state index in [0.717, 1.165) is 0 Å². The Morgan fingerprint density at radius 3 is 2.47 bits per heavy atom. The van der Waals surface area contributed by atoms with Gasteiger partial charge in [0.25, 0.3) is 0 Å². The third-order valence-electron chi connectivity index (χ3n) is 3.22. The molecule has 0 saturated carbocycles. The molecule has 3 N–H and O–H groups in total. The molecule has 0 aliphatic heterocycles. The van der Waals surface area contributed by atoms with Gasteiger partial charge in [-0.1, -0.05) is 43.7 Å². The van der Waals surface area contributed by atoms with Crippen molar-refractivity contribution in [2.24, 2.45) is 5.73 Å². The Bertz CT molecular complexity index is 413. The molecule has 0 radical (unpaired) electrons. The number of amides is 1. The smallest absolute Gasteiger partial charge is 0.239 e. The van der Waals surface area contributed by atoms with Crippen LogP contribution in [0.1, 0.15) is 25.0 Å². The Morgan fingerprint density at radius 1 is 1.37 bits per heavy atom. The highest BCUT2D eigenvalue weighted by atomic mass is 16.5. The number of carbonyl (C=O) groups excluding carboxylic acids is 1. The van der Waals surface area contributed by atoms with Crippen molar-refractivity contribution in [3.05, 3.63) is 35.4 Å². The third-order valence-corrected chi connectivity index (χ3v) is 3.22. The highest BCUT2D eigenvalue weighted by Gasteiger charge is 2.22. The van der Waals surface area contributed by atoms with Crippen molar-refractivity contribution < 1.29 is 9.53 Å². The lowest BCUT2D eigenvalue weighted by Gasteiger charge is -2.26. The van der Waals surface area contributed by atoms with Gasteiger partial charge in [0, 0.05) is 19.1 Å². The molecule has 1 amide bonds. The molecule has 4 nitrogen and oxygen atoms in total. The summed E-state index contributed by atoms with van der Waals surface area (Å²) in [6.45, 7) is 7.03. The van der Waals surface area contributed by atoms with Crippen LogP contribution in [-0.2, 0) is 14.9 Å². The van der Waals surface area contributed by atoms with Crippen LogP contribution in [0.25, 0.3) is 0 Å². The fourth-order valence-electron chi connectivity index (χ4n) is 1.80. The van der Waals surface area contributed by atoms with Gasteiger partial charge >= 0.3 is 0 Å². The minimum atomic E-state index is -0.612. The monoisotopic (exact) mass is 264 g/mol. The van der Waals surface area contributed by atoms with Crippen molar-refractivity contribution in [3.63, 3.8) is 0 Å². The number of hydrogen-bond acceptors (Lipinski definition) is 3. The van der Waals surface area contributed by atoms with Crippen LogP contribution in [0.15, 0.2) is 24.3 Å². The predicted octanol–water partition coefficient (Wildman–Crippen LogP) is 1.36. The Hall–Kier alpha value is -1.39. The second-order valence-electron chi connectivity index (χ2n) is 5.53. The summed E-state index contributed by atoms with van der Waals surface area (Å²) < 4.78 is 4.87. The third kappa shape index (κ3) is 4.65. The molecule has 0 bridgehead atoms. The van der Waals surface area contributed by atoms with Crippen LogP contribution < -0.4 is 11.1 Å². The second-order valence-corrected chi connectivity index (χ2v) is 5.53. The summed E-state index contributed by atoms with van der Waals surface area (Å²) in [6.07, 6.45) is 0. The number of benzene rings is 1. The zero-order valence-electron chi connectivity index (χ0n) is 12.2. The number of aryl methyl sites for hydroxylation is 1. The summed E-state index contributed by atoms with van der Waals surface area (Å²) >= 11 is 0. The van der Waals surface area contributed by atoms with Gasteiger partial charge in [-0.15, -0.1) is 0 Å². The number of nitrogens with two attached hydrogens (primary N) is 1. The standard InChI is InChI=1S/C15H24N2O2/c1-11-5-7-12(8-6-11)15(2,3)10-17-14(18)13(16)9-19-4/h5-8,13H,9-10,16H2,1-4H3,(H,17,18). The van der Waals surface area contributed by atoms with E-state index in [-0.39, 0.29) is 17.9 Å². The summed E-state index contributed by atoms with van der Waals surface area (Å²) in [5.74, 6) is -0.179. The van der Waals surface area contributed by atoms with Gasteiger partial charge in [-0.05, 0) is 12.5 Å². The van der Waals surface area contributed by atoms with Crippen LogP contribution in [0, 0.1) is 6.92 Å². The Labute approximate surface area is 115 Å². The first-order chi connectivity index (χ1) is 8.86. The second kappa shape index (κ2) is 6.68. The lowest BCUT2D eigenvalue weighted by Crippen LogP contribution is -2.47. The molecule has 0 heterocycles. The van der Waals surface area contributed by atoms with Crippen LogP contribution in [-0.4, -0.2) is 32.2 Å². The van der Waals surface area contributed by atoms with Gasteiger partial charge in [-0.25, -0.2) is 0 Å². The zero-order valence-corrected chi connectivity index (χ0v) is 12.2. The molecule has 0 fully saturated rings. The lowest BCUT2D eigenvalue weighted by molar-refractivity contribution is -0.123. The zero-order chi connectivity index (χ0) is 14.5. The molecule has 0 aliphatic rings. The lowest BCUT2D eigenvalue weighted by atomic mass is 9.84. The molecule has 1 rings (SSSR count). The van der Waals surface area contributed by atoms with Gasteiger partial charge in [-0.2, -0.15) is 0 Å². The minimum Gasteiger partial charge on any atom is -0.383 e.